The standard InChI is InChI=1S/C19H19F3N6O/c1-3-13-11-14(26(2)25-13)17(29)27-9-10-28-16(23-24-18(28)19(20,21)22)15(27)12-7-5-4-6-8-12/h4-8,11,15H,3,9-10H2,1-2H3. The van der Waals surface area contributed by atoms with Crippen molar-refractivity contribution in [2.24, 2.45) is 7.05 Å². The van der Waals surface area contributed by atoms with Gasteiger partial charge in [0.2, 0.25) is 5.82 Å². The van der Waals surface area contributed by atoms with Gasteiger partial charge < -0.3 is 9.47 Å². The fourth-order valence-corrected chi connectivity index (χ4v) is 3.65. The molecule has 0 aliphatic carbocycles. The van der Waals surface area contributed by atoms with Crippen molar-refractivity contribution in [3.63, 3.8) is 0 Å². The average molecular weight is 404 g/mol. The van der Waals surface area contributed by atoms with E-state index in [0.29, 0.717) is 17.7 Å². The molecule has 0 bridgehead atoms. The highest BCUT2D eigenvalue weighted by molar-refractivity contribution is 5.93. The van der Waals surface area contributed by atoms with Gasteiger partial charge in [-0.2, -0.15) is 18.3 Å². The second-order valence-electron chi connectivity index (χ2n) is 6.84. The van der Waals surface area contributed by atoms with Crippen LogP contribution in [0.15, 0.2) is 36.4 Å². The molecule has 1 aromatic carbocycles. The number of hydrogen-bond acceptors (Lipinski definition) is 4. The third kappa shape index (κ3) is 3.28. The highest BCUT2D eigenvalue weighted by Gasteiger charge is 2.43. The van der Waals surface area contributed by atoms with Gasteiger partial charge in [-0.15, -0.1) is 10.2 Å². The van der Waals surface area contributed by atoms with Crippen molar-refractivity contribution in [3.05, 3.63) is 65.0 Å². The normalized spacial score (nSPS) is 16.7. The number of fused-ring (bicyclic) bond motifs is 1. The predicted octanol–water partition coefficient (Wildman–Crippen LogP) is 2.84. The minimum Gasteiger partial charge on any atom is -0.321 e. The van der Waals surface area contributed by atoms with Crippen LogP contribution >= 0.6 is 0 Å². The summed E-state index contributed by atoms with van der Waals surface area (Å²) < 4.78 is 42.6. The summed E-state index contributed by atoms with van der Waals surface area (Å²) in [5, 5.41) is 11.5. The molecule has 0 radical (unpaired) electrons. The van der Waals surface area contributed by atoms with E-state index in [2.05, 4.69) is 15.3 Å². The minimum absolute atomic E-state index is 0.0370. The number of rotatable bonds is 3. The Morgan fingerprint density at radius 1 is 1.17 bits per heavy atom. The predicted molar refractivity (Wildman–Crippen MR) is 96.9 cm³/mol. The van der Waals surface area contributed by atoms with Crippen LogP contribution in [-0.4, -0.2) is 41.9 Å². The number of aryl methyl sites for hydroxylation is 2. The van der Waals surface area contributed by atoms with Crippen molar-refractivity contribution in [3.8, 4) is 0 Å². The molecule has 3 heterocycles. The van der Waals surface area contributed by atoms with Crippen LogP contribution in [-0.2, 0) is 26.2 Å². The lowest BCUT2D eigenvalue weighted by Crippen LogP contribution is -2.44. The molecule has 4 rings (SSSR count). The maximum Gasteiger partial charge on any atom is 0.451 e. The van der Waals surface area contributed by atoms with Gasteiger partial charge in [0.15, 0.2) is 5.82 Å². The summed E-state index contributed by atoms with van der Waals surface area (Å²) >= 11 is 0. The molecular formula is C19H19F3N6O. The number of aromatic nitrogens is 5. The van der Waals surface area contributed by atoms with Crippen molar-refractivity contribution < 1.29 is 18.0 Å². The van der Waals surface area contributed by atoms with E-state index in [9.17, 15) is 18.0 Å². The second-order valence-corrected chi connectivity index (χ2v) is 6.84. The minimum atomic E-state index is -4.61. The monoisotopic (exact) mass is 404 g/mol. The van der Waals surface area contributed by atoms with E-state index in [4.69, 9.17) is 0 Å². The average Bonchev–Trinajstić information content (AvgIpc) is 3.30. The molecule has 1 unspecified atom stereocenters. The van der Waals surface area contributed by atoms with Crippen LogP contribution in [0.1, 0.15) is 46.4 Å². The number of alkyl halides is 3. The lowest BCUT2D eigenvalue weighted by molar-refractivity contribution is -0.148. The van der Waals surface area contributed by atoms with Crippen molar-refractivity contribution in [1.82, 2.24) is 29.4 Å². The third-order valence-electron chi connectivity index (χ3n) is 5.04. The summed E-state index contributed by atoms with van der Waals surface area (Å²) in [5.74, 6) is -1.26. The van der Waals surface area contributed by atoms with E-state index in [0.717, 1.165) is 10.3 Å². The van der Waals surface area contributed by atoms with Crippen LogP contribution in [0.5, 0.6) is 0 Å². The van der Waals surface area contributed by atoms with Gasteiger partial charge in [-0.05, 0) is 18.1 Å². The first-order valence-corrected chi connectivity index (χ1v) is 9.20. The topological polar surface area (TPSA) is 68.8 Å². The summed E-state index contributed by atoms with van der Waals surface area (Å²) in [5.41, 5.74) is 1.82. The van der Waals surface area contributed by atoms with E-state index >= 15 is 0 Å². The van der Waals surface area contributed by atoms with Crippen molar-refractivity contribution in [2.45, 2.75) is 32.1 Å². The molecule has 7 nitrogen and oxygen atoms in total. The van der Waals surface area contributed by atoms with Crippen molar-refractivity contribution in [1.29, 1.82) is 0 Å². The lowest BCUT2D eigenvalue weighted by atomic mass is 10.0. The Hall–Kier alpha value is -3.17. The van der Waals surface area contributed by atoms with Gasteiger partial charge in [-0.1, -0.05) is 37.3 Å². The number of carbonyl (C=O) groups excluding carboxylic acids is 1. The van der Waals surface area contributed by atoms with Crippen LogP contribution in [0, 0.1) is 0 Å². The van der Waals surface area contributed by atoms with E-state index in [1.54, 1.807) is 43.4 Å². The van der Waals surface area contributed by atoms with Gasteiger partial charge in [0.25, 0.3) is 5.91 Å². The molecule has 10 heteroatoms. The molecule has 152 valence electrons. The zero-order valence-corrected chi connectivity index (χ0v) is 15.9. The van der Waals surface area contributed by atoms with E-state index in [1.165, 1.54) is 9.58 Å². The van der Waals surface area contributed by atoms with E-state index in [1.807, 2.05) is 6.92 Å². The fraction of sp³-hybridized carbons (Fsp3) is 0.368. The van der Waals surface area contributed by atoms with Gasteiger partial charge >= 0.3 is 6.18 Å². The molecule has 29 heavy (non-hydrogen) atoms. The number of nitrogens with zero attached hydrogens (tertiary/aromatic N) is 6. The highest BCUT2D eigenvalue weighted by Crippen LogP contribution is 2.36. The summed E-state index contributed by atoms with van der Waals surface area (Å²) in [6, 6.07) is 9.83. The molecule has 0 saturated carbocycles. The number of carbonyl (C=O) groups is 1. The maximum atomic E-state index is 13.3. The molecule has 1 aliphatic rings. The fourth-order valence-electron chi connectivity index (χ4n) is 3.65. The molecule has 0 fully saturated rings. The number of benzene rings is 1. The van der Waals surface area contributed by atoms with Crippen LogP contribution in [0.2, 0.25) is 0 Å². The Bertz CT molecular complexity index is 1040. The Balaban J connectivity index is 1.81. The Labute approximate surface area is 164 Å². The Morgan fingerprint density at radius 2 is 1.90 bits per heavy atom. The quantitative estimate of drug-likeness (QED) is 0.673. The SMILES string of the molecule is CCc1cc(C(=O)N2CCn3c(nnc3C(F)(F)F)C2c2ccccc2)n(C)n1. The number of amides is 1. The Kier molecular flexibility index (Phi) is 4.64. The summed E-state index contributed by atoms with van der Waals surface area (Å²) in [7, 11) is 1.68. The van der Waals surface area contributed by atoms with E-state index in [-0.39, 0.29) is 24.8 Å². The molecule has 0 saturated heterocycles. The molecule has 0 spiro atoms. The first-order chi connectivity index (χ1) is 13.8. The maximum absolute atomic E-state index is 13.3. The van der Waals surface area contributed by atoms with Gasteiger partial charge in [-0.25, -0.2) is 0 Å². The van der Waals surface area contributed by atoms with Gasteiger partial charge in [0, 0.05) is 20.1 Å². The largest absolute Gasteiger partial charge is 0.451 e. The first-order valence-electron chi connectivity index (χ1n) is 9.20. The lowest BCUT2D eigenvalue weighted by Gasteiger charge is -2.36. The van der Waals surface area contributed by atoms with Crippen molar-refractivity contribution in [2.75, 3.05) is 6.54 Å². The first kappa shape index (κ1) is 19.2. The van der Waals surface area contributed by atoms with Crippen molar-refractivity contribution >= 4 is 5.91 Å². The molecule has 0 N–H and O–H groups in total. The molecular weight excluding hydrogens is 385 g/mol. The molecule has 3 aromatic rings. The van der Waals surface area contributed by atoms with Gasteiger partial charge in [0.1, 0.15) is 11.7 Å². The van der Waals surface area contributed by atoms with Gasteiger partial charge in [-0.3, -0.25) is 9.48 Å². The summed E-state index contributed by atoms with van der Waals surface area (Å²) in [6.45, 7) is 2.00. The van der Waals surface area contributed by atoms with Crippen LogP contribution in [0.25, 0.3) is 0 Å². The van der Waals surface area contributed by atoms with Crippen LogP contribution < -0.4 is 0 Å². The van der Waals surface area contributed by atoms with Crippen LogP contribution in [0.3, 0.4) is 0 Å². The summed E-state index contributed by atoms with van der Waals surface area (Å²) in [6.07, 6.45) is -3.94. The molecule has 1 atom stereocenters. The molecule has 1 amide bonds. The highest BCUT2D eigenvalue weighted by atomic mass is 19.4. The van der Waals surface area contributed by atoms with Gasteiger partial charge in [0.05, 0.1) is 5.69 Å². The number of halogens is 3. The molecule has 2 aromatic heterocycles. The smallest absolute Gasteiger partial charge is 0.321 e. The zero-order chi connectivity index (χ0) is 20.8. The molecule has 1 aliphatic heterocycles. The van der Waals surface area contributed by atoms with Crippen LogP contribution in [0.4, 0.5) is 13.2 Å². The number of hydrogen-bond donors (Lipinski definition) is 0. The zero-order valence-electron chi connectivity index (χ0n) is 15.9. The second kappa shape index (κ2) is 7.02. The Morgan fingerprint density at radius 3 is 2.52 bits per heavy atom. The van der Waals surface area contributed by atoms with E-state index < -0.39 is 18.0 Å². The third-order valence-corrected chi connectivity index (χ3v) is 5.04. The summed E-state index contributed by atoms with van der Waals surface area (Å²) in [4.78, 5) is 14.9.